The average Bonchev–Trinajstić information content (AvgIpc) is 3.09. The maximum Gasteiger partial charge on any atom is 0.305 e. The van der Waals surface area contributed by atoms with Crippen molar-refractivity contribution in [1.29, 1.82) is 0 Å². The van der Waals surface area contributed by atoms with E-state index in [1.54, 1.807) is 0 Å². The molecule has 0 amide bonds. The van der Waals surface area contributed by atoms with Crippen molar-refractivity contribution in [1.82, 2.24) is 0 Å². The molecule has 0 radical (unpaired) electrons. The summed E-state index contributed by atoms with van der Waals surface area (Å²) in [6, 6.07) is 0. The van der Waals surface area contributed by atoms with Crippen LogP contribution in [0.15, 0.2) is 0 Å². The van der Waals surface area contributed by atoms with Crippen LogP contribution >= 0.6 is 0 Å². The van der Waals surface area contributed by atoms with E-state index in [1.807, 2.05) is 0 Å². The van der Waals surface area contributed by atoms with E-state index >= 15 is 0 Å². The van der Waals surface area contributed by atoms with Crippen LogP contribution in [0.5, 0.6) is 0 Å². The van der Waals surface area contributed by atoms with Gasteiger partial charge in [0, 0.05) is 13.0 Å². The van der Waals surface area contributed by atoms with Crippen molar-refractivity contribution < 1.29 is 33.2 Å². The molecule has 0 bridgehead atoms. The lowest BCUT2D eigenvalue weighted by Gasteiger charge is -2.08. The molecule has 48 heavy (non-hydrogen) atoms. The van der Waals surface area contributed by atoms with E-state index in [0.29, 0.717) is 72.5 Å². The van der Waals surface area contributed by atoms with Crippen molar-refractivity contribution in [3.63, 3.8) is 0 Å². The Kier molecular flexibility index (Phi) is 43.6. The minimum absolute atomic E-state index is 0.114. The quantitative estimate of drug-likeness (QED) is 0.0467. The van der Waals surface area contributed by atoms with Gasteiger partial charge in [-0.05, 0) is 12.8 Å². The molecule has 0 saturated carbocycles. The number of carbonyl (C=O) groups is 1. The SMILES string of the molecule is CCCCCCCCCCCCCCCOCCOCCOCCOCCOCCOC(=O)CCCCCCCCCCCCCCC. The van der Waals surface area contributed by atoms with Gasteiger partial charge in [-0.3, -0.25) is 4.79 Å². The first kappa shape index (κ1) is 47.3. The van der Waals surface area contributed by atoms with Gasteiger partial charge in [0.25, 0.3) is 0 Å². The highest BCUT2D eigenvalue weighted by Gasteiger charge is 2.03. The van der Waals surface area contributed by atoms with E-state index in [1.165, 1.54) is 148 Å². The van der Waals surface area contributed by atoms with Crippen LogP contribution in [0.25, 0.3) is 0 Å². The van der Waals surface area contributed by atoms with E-state index in [2.05, 4.69) is 13.8 Å². The van der Waals surface area contributed by atoms with Crippen molar-refractivity contribution in [2.24, 2.45) is 0 Å². The molecule has 0 aliphatic carbocycles. The van der Waals surface area contributed by atoms with Gasteiger partial charge in [0.15, 0.2) is 0 Å². The number of rotatable bonds is 43. The summed E-state index contributed by atoms with van der Waals surface area (Å²) >= 11 is 0. The molecular formula is C41H82O7. The lowest BCUT2D eigenvalue weighted by Crippen LogP contribution is -2.15. The summed E-state index contributed by atoms with van der Waals surface area (Å²) in [4.78, 5) is 11.9. The molecule has 0 saturated heterocycles. The first-order valence-corrected chi connectivity index (χ1v) is 20.9. The molecule has 0 unspecified atom stereocenters. The summed E-state index contributed by atoms with van der Waals surface area (Å²) in [7, 11) is 0. The number of unbranched alkanes of at least 4 members (excludes halogenated alkanes) is 24. The van der Waals surface area contributed by atoms with Crippen molar-refractivity contribution in [3.8, 4) is 0 Å². The van der Waals surface area contributed by atoms with Gasteiger partial charge < -0.3 is 28.4 Å². The number of ether oxygens (including phenoxy) is 6. The Balaban J connectivity index is 3.12. The maximum atomic E-state index is 11.9. The summed E-state index contributed by atoms with van der Waals surface area (Å²) in [5, 5.41) is 0. The van der Waals surface area contributed by atoms with Crippen molar-refractivity contribution >= 4 is 5.97 Å². The predicted octanol–water partition coefficient (Wildman–Crippen LogP) is 11.2. The largest absolute Gasteiger partial charge is 0.463 e. The normalized spacial score (nSPS) is 11.5. The highest BCUT2D eigenvalue weighted by Crippen LogP contribution is 2.14. The van der Waals surface area contributed by atoms with Gasteiger partial charge in [0.2, 0.25) is 0 Å². The Labute approximate surface area is 298 Å². The second kappa shape index (κ2) is 44.3. The molecular weight excluding hydrogens is 604 g/mol. The first-order chi connectivity index (χ1) is 23.8. The Bertz CT molecular complexity index is 589. The van der Waals surface area contributed by atoms with Crippen LogP contribution in [0.4, 0.5) is 0 Å². The van der Waals surface area contributed by atoms with Gasteiger partial charge in [-0.25, -0.2) is 0 Å². The fourth-order valence-corrected chi connectivity index (χ4v) is 5.78. The van der Waals surface area contributed by atoms with E-state index < -0.39 is 0 Å². The van der Waals surface area contributed by atoms with Crippen LogP contribution in [-0.2, 0) is 33.2 Å². The zero-order valence-corrected chi connectivity index (χ0v) is 32.2. The van der Waals surface area contributed by atoms with Gasteiger partial charge in [-0.2, -0.15) is 0 Å². The second-order valence-electron chi connectivity index (χ2n) is 13.5. The lowest BCUT2D eigenvalue weighted by atomic mass is 10.0. The molecule has 0 rings (SSSR count). The molecule has 7 heteroatoms. The third-order valence-corrected chi connectivity index (χ3v) is 8.86. The Morgan fingerprint density at radius 1 is 0.292 bits per heavy atom. The summed E-state index contributed by atoms with van der Waals surface area (Å²) in [5.41, 5.74) is 0. The second-order valence-corrected chi connectivity index (χ2v) is 13.5. The van der Waals surface area contributed by atoms with E-state index in [4.69, 9.17) is 28.4 Å². The Morgan fingerprint density at radius 2 is 0.542 bits per heavy atom. The van der Waals surface area contributed by atoms with Crippen LogP contribution in [0.1, 0.15) is 187 Å². The fourth-order valence-electron chi connectivity index (χ4n) is 5.78. The molecule has 0 N–H and O–H groups in total. The summed E-state index contributed by atoms with van der Waals surface area (Å²) in [6.07, 6.45) is 35.3. The van der Waals surface area contributed by atoms with Crippen molar-refractivity contribution in [2.75, 3.05) is 72.7 Å². The third kappa shape index (κ3) is 43.3. The molecule has 0 fully saturated rings. The number of esters is 1. The highest BCUT2D eigenvalue weighted by molar-refractivity contribution is 5.69. The van der Waals surface area contributed by atoms with Gasteiger partial charge in [-0.15, -0.1) is 0 Å². The van der Waals surface area contributed by atoms with Crippen LogP contribution in [0.3, 0.4) is 0 Å². The molecule has 7 nitrogen and oxygen atoms in total. The molecule has 0 spiro atoms. The zero-order valence-electron chi connectivity index (χ0n) is 32.2. The summed E-state index contributed by atoms with van der Waals surface area (Å²) < 4.78 is 33.0. The zero-order chi connectivity index (χ0) is 34.7. The van der Waals surface area contributed by atoms with Gasteiger partial charge >= 0.3 is 5.97 Å². The molecule has 0 aliphatic rings. The lowest BCUT2D eigenvalue weighted by molar-refractivity contribution is -0.145. The average molecular weight is 687 g/mol. The Hall–Kier alpha value is -0.730. The molecule has 0 aromatic rings. The van der Waals surface area contributed by atoms with Crippen LogP contribution < -0.4 is 0 Å². The first-order valence-electron chi connectivity index (χ1n) is 20.9. The topological polar surface area (TPSA) is 72.5 Å². The smallest absolute Gasteiger partial charge is 0.305 e. The van der Waals surface area contributed by atoms with Crippen LogP contribution in [0.2, 0.25) is 0 Å². The third-order valence-electron chi connectivity index (χ3n) is 8.86. The predicted molar refractivity (Wildman–Crippen MR) is 201 cm³/mol. The molecule has 0 atom stereocenters. The molecule has 288 valence electrons. The summed E-state index contributed by atoms with van der Waals surface area (Å²) in [5.74, 6) is -0.114. The van der Waals surface area contributed by atoms with E-state index in [9.17, 15) is 4.79 Å². The molecule has 0 aromatic carbocycles. The van der Waals surface area contributed by atoms with Crippen LogP contribution in [-0.4, -0.2) is 78.6 Å². The number of carbonyl (C=O) groups excluding carboxylic acids is 1. The monoisotopic (exact) mass is 687 g/mol. The number of hydrogen-bond donors (Lipinski definition) is 0. The minimum Gasteiger partial charge on any atom is -0.463 e. The van der Waals surface area contributed by atoms with Gasteiger partial charge in [0.1, 0.15) is 6.61 Å². The summed E-state index contributed by atoms with van der Waals surface area (Å²) in [6.45, 7) is 10.6. The number of hydrogen-bond acceptors (Lipinski definition) is 7. The van der Waals surface area contributed by atoms with Crippen molar-refractivity contribution in [3.05, 3.63) is 0 Å². The minimum atomic E-state index is -0.114. The maximum absolute atomic E-state index is 11.9. The molecule has 0 aliphatic heterocycles. The van der Waals surface area contributed by atoms with Gasteiger partial charge in [-0.1, -0.05) is 168 Å². The van der Waals surface area contributed by atoms with E-state index in [-0.39, 0.29) is 5.97 Å². The van der Waals surface area contributed by atoms with Crippen molar-refractivity contribution in [2.45, 2.75) is 187 Å². The standard InChI is InChI=1S/C41H82O7/c1-3-5-7-9-11-13-15-17-19-21-23-25-27-29-41(42)48-40-39-47-38-37-46-36-35-45-34-33-44-32-31-43-30-28-26-24-22-20-18-16-14-12-10-8-6-4-2/h3-40H2,1-2H3. The fraction of sp³-hybridized carbons (Fsp3) is 0.976. The van der Waals surface area contributed by atoms with Crippen LogP contribution in [0, 0.1) is 0 Å². The van der Waals surface area contributed by atoms with E-state index in [0.717, 1.165) is 25.9 Å². The Morgan fingerprint density at radius 3 is 0.875 bits per heavy atom. The molecule has 0 heterocycles. The molecule has 0 aromatic heterocycles. The highest BCUT2D eigenvalue weighted by atomic mass is 16.6. The van der Waals surface area contributed by atoms with Gasteiger partial charge in [0.05, 0.1) is 59.5 Å².